The molecule has 0 unspecified atom stereocenters. The molecular weight excluding hydrogens is 711 g/mol. The van der Waals surface area contributed by atoms with Crippen LogP contribution in [0.2, 0.25) is 10.0 Å². The lowest BCUT2D eigenvalue weighted by Crippen LogP contribution is -2.37. The Labute approximate surface area is 291 Å². The summed E-state index contributed by atoms with van der Waals surface area (Å²) in [5, 5.41) is 8.66. The number of carbonyl (C=O) groups excluding carboxylic acids is 2. The second-order valence-electron chi connectivity index (χ2n) is 11.2. The minimum absolute atomic E-state index is 0. The van der Waals surface area contributed by atoms with Crippen molar-refractivity contribution >= 4 is 72.5 Å². The van der Waals surface area contributed by atoms with Gasteiger partial charge in [-0.1, -0.05) is 28.3 Å². The van der Waals surface area contributed by atoms with E-state index < -0.39 is 63.8 Å². The number of halogens is 4. The molecule has 0 saturated heterocycles. The second kappa shape index (κ2) is 19.9. The van der Waals surface area contributed by atoms with Crippen LogP contribution in [-0.4, -0.2) is 51.2 Å². The van der Waals surface area contributed by atoms with E-state index in [0.29, 0.717) is 5.56 Å². The van der Waals surface area contributed by atoms with Crippen molar-refractivity contribution < 1.29 is 40.4 Å². The summed E-state index contributed by atoms with van der Waals surface area (Å²) in [7, 11) is -3.74. The minimum Gasteiger partial charge on any atom is -0.444 e. The van der Waals surface area contributed by atoms with Gasteiger partial charge >= 0.3 is 12.2 Å². The van der Waals surface area contributed by atoms with Crippen molar-refractivity contribution in [2.45, 2.75) is 64.8 Å². The Morgan fingerprint density at radius 3 is 1.59 bits per heavy atom. The molecule has 2 N–H and O–H groups in total. The Bertz CT molecular complexity index is 1430. The second-order valence-corrected chi connectivity index (χ2v) is 13.7. The van der Waals surface area contributed by atoms with Gasteiger partial charge in [-0.15, -0.1) is 0 Å². The quantitative estimate of drug-likeness (QED) is 0.115. The molecule has 0 fully saturated rings. The Morgan fingerprint density at radius 1 is 0.848 bits per heavy atom. The normalized spacial score (nSPS) is 12.3. The molecule has 0 aromatic heterocycles. The smallest absolute Gasteiger partial charge is 0.408 e. The number of nitrogens with one attached hydrogen (secondary N) is 2. The standard InChI is InChI=1S/C14H19ClFNO5S.C13H16ClFN4O2.2H2S/c1-14(2,3)22-13(18)17-12(8-21-23(4,19)20)9-5-10(15)7-11(16)6-9;1-13(2,3)21-12(20)18-11(7-17-19-16)8-4-9(14)6-10(15)5-8;;/h5-7,12H,8H2,1-4H3,(H,17,18);4-6,11H,7H2,1-3H3,(H,18,20);2*1H2/t12-;11-;;/m11../s1. The fraction of sp³-hybridized carbons (Fsp3) is 0.481. The van der Waals surface area contributed by atoms with Crippen LogP contribution < -0.4 is 10.6 Å². The molecule has 0 aliphatic heterocycles. The zero-order chi connectivity index (χ0) is 33.9. The largest absolute Gasteiger partial charge is 0.444 e. The number of rotatable bonds is 9. The topological polar surface area (TPSA) is 169 Å². The number of benzene rings is 2. The molecule has 0 spiro atoms. The van der Waals surface area contributed by atoms with Gasteiger partial charge in [-0.05, 0) is 94.6 Å². The zero-order valence-corrected chi connectivity index (χ0v) is 30.5. The predicted molar refractivity (Wildman–Crippen MR) is 183 cm³/mol. The number of carbonyl (C=O) groups is 2. The molecule has 0 bridgehead atoms. The maximum absolute atomic E-state index is 13.5. The Hall–Kier alpha value is -2.66. The summed E-state index contributed by atoms with van der Waals surface area (Å²) in [6, 6.07) is 5.77. The van der Waals surface area contributed by atoms with Crippen molar-refractivity contribution in [1.82, 2.24) is 10.6 Å². The van der Waals surface area contributed by atoms with Crippen LogP contribution in [0, 0.1) is 11.6 Å². The van der Waals surface area contributed by atoms with Gasteiger partial charge in [0.2, 0.25) is 0 Å². The molecule has 2 aromatic rings. The number of nitrogens with zero attached hydrogens (tertiary/aromatic N) is 3. The van der Waals surface area contributed by atoms with Crippen LogP contribution in [-0.2, 0) is 23.8 Å². The summed E-state index contributed by atoms with van der Waals surface area (Å²) >= 11 is 11.6. The highest BCUT2D eigenvalue weighted by atomic mass is 35.5. The number of ether oxygens (including phenoxy) is 2. The van der Waals surface area contributed by atoms with E-state index in [4.69, 9.17) is 42.4 Å². The van der Waals surface area contributed by atoms with Gasteiger partial charge in [-0.25, -0.2) is 18.4 Å². The van der Waals surface area contributed by atoms with E-state index in [1.54, 1.807) is 41.5 Å². The fourth-order valence-electron chi connectivity index (χ4n) is 3.22. The van der Waals surface area contributed by atoms with E-state index >= 15 is 0 Å². The first kappa shape index (κ1) is 45.5. The molecule has 260 valence electrons. The summed E-state index contributed by atoms with van der Waals surface area (Å²) < 4.78 is 64.1. The maximum atomic E-state index is 13.5. The van der Waals surface area contributed by atoms with E-state index in [1.807, 2.05) is 0 Å². The minimum atomic E-state index is -3.74. The highest BCUT2D eigenvalue weighted by Crippen LogP contribution is 2.23. The molecule has 2 aromatic carbocycles. The lowest BCUT2D eigenvalue weighted by atomic mass is 10.1. The van der Waals surface area contributed by atoms with Crippen LogP contribution in [0.1, 0.15) is 64.8 Å². The third kappa shape index (κ3) is 20.5. The molecule has 0 aliphatic rings. The predicted octanol–water partition coefficient (Wildman–Crippen LogP) is 7.60. The van der Waals surface area contributed by atoms with Crippen LogP contribution in [0.4, 0.5) is 18.4 Å². The van der Waals surface area contributed by atoms with Crippen LogP contribution in [0.25, 0.3) is 10.4 Å². The van der Waals surface area contributed by atoms with Gasteiger partial charge in [0.15, 0.2) is 0 Å². The summed E-state index contributed by atoms with van der Waals surface area (Å²) in [5.74, 6) is -1.17. The van der Waals surface area contributed by atoms with Crippen molar-refractivity contribution in [3.05, 3.63) is 79.6 Å². The van der Waals surface area contributed by atoms with Crippen molar-refractivity contribution in [3.8, 4) is 0 Å². The van der Waals surface area contributed by atoms with Crippen LogP contribution in [0.3, 0.4) is 0 Å². The van der Waals surface area contributed by atoms with Crippen LogP contribution >= 0.6 is 50.2 Å². The van der Waals surface area contributed by atoms with Crippen LogP contribution in [0.15, 0.2) is 41.5 Å². The Balaban J connectivity index is 0. The monoisotopic (exact) mass is 749 g/mol. The van der Waals surface area contributed by atoms with E-state index in [0.717, 1.165) is 24.5 Å². The third-order valence-electron chi connectivity index (χ3n) is 4.73. The molecular formula is C27H39Cl2F2N5O7S3. The zero-order valence-electron chi connectivity index (χ0n) is 26.2. The maximum Gasteiger partial charge on any atom is 0.408 e. The lowest BCUT2D eigenvalue weighted by Gasteiger charge is -2.23. The van der Waals surface area contributed by atoms with Crippen molar-refractivity contribution in [2.24, 2.45) is 5.11 Å². The molecule has 0 saturated carbocycles. The summed E-state index contributed by atoms with van der Waals surface area (Å²) in [6.07, 6.45) is -0.614. The van der Waals surface area contributed by atoms with Gasteiger partial charge in [-0.3, -0.25) is 4.18 Å². The van der Waals surface area contributed by atoms with E-state index in [2.05, 4.69) is 20.7 Å². The molecule has 46 heavy (non-hydrogen) atoms. The number of hydrogen-bond donors (Lipinski definition) is 2. The van der Waals surface area contributed by atoms with Gasteiger partial charge in [0, 0.05) is 15.0 Å². The molecule has 0 aliphatic carbocycles. The molecule has 2 atom stereocenters. The highest BCUT2D eigenvalue weighted by molar-refractivity contribution is 7.85. The first-order chi connectivity index (χ1) is 20.1. The SMILES string of the molecule is CC(C)(C)OC(=O)N[C@H](CN=[N+]=[N-])c1cc(F)cc(Cl)c1.CC(C)(C)OC(=O)N[C@H](COS(C)(=O)=O)c1cc(F)cc(Cl)c1.S.S. The molecule has 2 rings (SSSR count). The van der Waals surface area contributed by atoms with Gasteiger partial charge < -0.3 is 20.1 Å². The van der Waals surface area contributed by atoms with Gasteiger partial charge in [0.05, 0.1) is 31.5 Å². The molecule has 0 heterocycles. The summed E-state index contributed by atoms with van der Waals surface area (Å²) in [6.45, 7) is 9.67. The van der Waals surface area contributed by atoms with Gasteiger partial charge in [0.25, 0.3) is 10.1 Å². The fourth-order valence-corrected chi connectivity index (χ4v) is 4.06. The highest BCUT2D eigenvalue weighted by Gasteiger charge is 2.23. The average molecular weight is 751 g/mol. The molecule has 19 heteroatoms. The summed E-state index contributed by atoms with van der Waals surface area (Å²) in [4.78, 5) is 26.3. The number of alkyl carbamates (subject to hydrolysis) is 2. The average Bonchev–Trinajstić information content (AvgIpc) is 2.80. The molecule has 12 nitrogen and oxygen atoms in total. The number of amides is 2. The Kier molecular flexibility index (Phi) is 19.6. The third-order valence-corrected chi connectivity index (χ3v) is 5.73. The van der Waals surface area contributed by atoms with Gasteiger partial charge in [0.1, 0.15) is 22.8 Å². The first-order valence-electron chi connectivity index (χ1n) is 12.8. The Morgan fingerprint density at radius 2 is 1.24 bits per heavy atom. The molecule has 2 amide bonds. The van der Waals surface area contributed by atoms with E-state index in [-0.39, 0.29) is 49.1 Å². The number of azide groups is 1. The van der Waals surface area contributed by atoms with Crippen molar-refractivity contribution in [3.63, 3.8) is 0 Å². The van der Waals surface area contributed by atoms with Gasteiger partial charge in [-0.2, -0.15) is 35.4 Å². The summed E-state index contributed by atoms with van der Waals surface area (Å²) in [5.41, 5.74) is 7.63. The number of hydrogen-bond acceptors (Lipinski definition) is 8. The van der Waals surface area contributed by atoms with E-state index in [9.17, 15) is 26.8 Å². The van der Waals surface area contributed by atoms with E-state index in [1.165, 1.54) is 18.2 Å². The molecule has 0 radical (unpaired) electrons. The van der Waals surface area contributed by atoms with Crippen molar-refractivity contribution in [2.75, 3.05) is 19.4 Å². The lowest BCUT2D eigenvalue weighted by molar-refractivity contribution is 0.0482. The van der Waals surface area contributed by atoms with Crippen molar-refractivity contribution in [1.29, 1.82) is 0 Å². The first-order valence-corrected chi connectivity index (χ1v) is 15.4. The van der Waals surface area contributed by atoms with Crippen LogP contribution in [0.5, 0.6) is 0 Å².